The summed E-state index contributed by atoms with van der Waals surface area (Å²) in [6.07, 6.45) is 7.42. The van der Waals surface area contributed by atoms with Gasteiger partial charge >= 0.3 is 0 Å². The second-order valence-electron chi connectivity index (χ2n) is 3.66. The number of nitrogens with zero attached hydrogens (tertiary/aromatic N) is 1. The van der Waals surface area contributed by atoms with E-state index in [9.17, 15) is 0 Å². The van der Waals surface area contributed by atoms with Crippen molar-refractivity contribution in [3.8, 4) is 0 Å². The average molecular weight is 137 g/mol. The lowest BCUT2D eigenvalue weighted by atomic mass is 10.0. The van der Waals surface area contributed by atoms with Gasteiger partial charge in [-0.05, 0) is 32.7 Å². The van der Waals surface area contributed by atoms with Gasteiger partial charge in [0.1, 0.15) is 0 Å². The van der Waals surface area contributed by atoms with Crippen molar-refractivity contribution in [2.75, 3.05) is 7.05 Å². The van der Waals surface area contributed by atoms with Gasteiger partial charge in [-0.2, -0.15) is 0 Å². The fourth-order valence-corrected chi connectivity index (χ4v) is 2.29. The molecule has 0 spiro atoms. The van der Waals surface area contributed by atoms with Gasteiger partial charge in [0, 0.05) is 12.1 Å². The van der Waals surface area contributed by atoms with E-state index >= 15 is 0 Å². The van der Waals surface area contributed by atoms with Crippen LogP contribution in [0.2, 0.25) is 0 Å². The van der Waals surface area contributed by atoms with Gasteiger partial charge in [-0.15, -0.1) is 0 Å². The fourth-order valence-electron chi connectivity index (χ4n) is 2.29. The number of hydrogen-bond acceptors (Lipinski definition) is 1. The number of likely N-dealkylation sites (N-methyl/N-ethyl adjacent to an activating group) is 1. The van der Waals surface area contributed by atoms with E-state index in [-0.39, 0.29) is 0 Å². The summed E-state index contributed by atoms with van der Waals surface area (Å²) in [4.78, 5) is 2.49. The van der Waals surface area contributed by atoms with Crippen molar-refractivity contribution in [3.05, 3.63) is 12.2 Å². The number of rotatable bonds is 0. The highest BCUT2D eigenvalue weighted by molar-refractivity contribution is 5.10. The highest BCUT2D eigenvalue weighted by atomic mass is 15.2. The standard InChI is InChI=1S/C9H15N/c1-7-6-8-4-3-5-9(8)10(7)2/h3,5,7-9H,4,6H2,1-2H3. The van der Waals surface area contributed by atoms with Gasteiger partial charge in [0.05, 0.1) is 0 Å². The molecule has 0 aromatic heterocycles. The summed E-state index contributed by atoms with van der Waals surface area (Å²) in [6.45, 7) is 2.33. The van der Waals surface area contributed by atoms with Gasteiger partial charge in [-0.1, -0.05) is 12.2 Å². The molecule has 2 aliphatic rings. The fraction of sp³-hybridized carbons (Fsp3) is 0.778. The molecule has 0 radical (unpaired) electrons. The summed E-state index contributed by atoms with van der Waals surface area (Å²) >= 11 is 0. The largest absolute Gasteiger partial charge is 0.297 e. The number of hydrogen-bond donors (Lipinski definition) is 0. The van der Waals surface area contributed by atoms with Crippen molar-refractivity contribution in [2.24, 2.45) is 5.92 Å². The second kappa shape index (κ2) is 2.09. The molecule has 1 heterocycles. The summed E-state index contributed by atoms with van der Waals surface area (Å²) in [5, 5.41) is 0. The van der Waals surface area contributed by atoms with Gasteiger partial charge in [-0.25, -0.2) is 0 Å². The van der Waals surface area contributed by atoms with Crippen LogP contribution < -0.4 is 0 Å². The van der Waals surface area contributed by atoms with Crippen molar-refractivity contribution < 1.29 is 0 Å². The number of fused-ring (bicyclic) bond motifs is 1. The highest BCUT2D eigenvalue weighted by Crippen LogP contribution is 2.35. The number of likely N-dealkylation sites (tertiary alicyclic amines) is 1. The summed E-state index contributed by atoms with van der Waals surface area (Å²) < 4.78 is 0. The molecule has 1 fully saturated rings. The molecule has 56 valence electrons. The van der Waals surface area contributed by atoms with Crippen LogP contribution in [0.25, 0.3) is 0 Å². The van der Waals surface area contributed by atoms with Gasteiger partial charge in [-0.3, -0.25) is 4.90 Å². The van der Waals surface area contributed by atoms with E-state index in [0.717, 1.165) is 18.0 Å². The van der Waals surface area contributed by atoms with Gasteiger partial charge < -0.3 is 0 Å². The van der Waals surface area contributed by atoms with Gasteiger partial charge in [0.25, 0.3) is 0 Å². The van der Waals surface area contributed by atoms with Gasteiger partial charge in [0.15, 0.2) is 0 Å². The van der Waals surface area contributed by atoms with E-state index in [0.29, 0.717) is 0 Å². The van der Waals surface area contributed by atoms with E-state index in [4.69, 9.17) is 0 Å². The maximum atomic E-state index is 2.49. The SMILES string of the molecule is CC1CC2CC=CC2N1C. The first-order valence-electron chi connectivity index (χ1n) is 4.17. The molecular weight excluding hydrogens is 122 g/mol. The molecule has 0 aromatic carbocycles. The number of allylic oxidation sites excluding steroid dienone is 1. The zero-order chi connectivity index (χ0) is 7.14. The Morgan fingerprint density at radius 3 is 3.00 bits per heavy atom. The Morgan fingerprint density at radius 1 is 1.50 bits per heavy atom. The summed E-state index contributed by atoms with van der Waals surface area (Å²) in [6, 6.07) is 1.58. The Morgan fingerprint density at radius 2 is 2.30 bits per heavy atom. The average Bonchev–Trinajstić information content (AvgIpc) is 2.41. The van der Waals surface area contributed by atoms with Crippen LogP contribution in [0.1, 0.15) is 19.8 Å². The minimum Gasteiger partial charge on any atom is -0.297 e. The Bertz CT molecular complexity index is 162. The third kappa shape index (κ3) is 0.734. The topological polar surface area (TPSA) is 3.24 Å². The van der Waals surface area contributed by atoms with Crippen molar-refractivity contribution in [1.82, 2.24) is 4.90 Å². The molecule has 1 aliphatic heterocycles. The third-order valence-electron chi connectivity index (χ3n) is 3.06. The molecule has 0 bridgehead atoms. The minimum absolute atomic E-state index is 0.773. The Hall–Kier alpha value is -0.300. The lowest BCUT2D eigenvalue weighted by Crippen LogP contribution is -2.29. The Kier molecular flexibility index (Phi) is 1.34. The first-order chi connectivity index (χ1) is 4.79. The van der Waals surface area contributed by atoms with Crippen molar-refractivity contribution in [3.63, 3.8) is 0 Å². The Balaban J connectivity index is 2.16. The second-order valence-corrected chi connectivity index (χ2v) is 3.66. The van der Waals surface area contributed by atoms with Crippen LogP contribution >= 0.6 is 0 Å². The molecule has 1 saturated heterocycles. The lowest BCUT2D eigenvalue weighted by Gasteiger charge is -2.20. The summed E-state index contributed by atoms with van der Waals surface area (Å²) in [5.74, 6) is 0.944. The van der Waals surface area contributed by atoms with Crippen LogP contribution in [0.15, 0.2) is 12.2 Å². The van der Waals surface area contributed by atoms with E-state index < -0.39 is 0 Å². The molecule has 3 unspecified atom stereocenters. The first kappa shape index (κ1) is 6.41. The van der Waals surface area contributed by atoms with Crippen LogP contribution in [-0.4, -0.2) is 24.0 Å². The third-order valence-corrected chi connectivity index (χ3v) is 3.06. The van der Waals surface area contributed by atoms with Crippen molar-refractivity contribution in [2.45, 2.75) is 31.8 Å². The molecule has 0 N–H and O–H groups in total. The van der Waals surface area contributed by atoms with Crippen molar-refractivity contribution in [1.29, 1.82) is 0 Å². The van der Waals surface area contributed by atoms with E-state index in [1.165, 1.54) is 12.8 Å². The first-order valence-corrected chi connectivity index (χ1v) is 4.17. The van der Waals surface area contributed by atoms with E-state index in [1.807, 2.05) is 0 Å². The van der Waals surface area contributed by atoms with E-state index in [2.05, 4.69) is 31.0 Å². The van der Waals surface area contributed by atoms with Crippen LogP contribution in [0, 0.1) is 5.92 Å². The molecular formula is C9H15N. The maximum absolute atomic E-state index is 2.49. The zero-order valence-corrected chi connectivity index (χ0v) is 6.75. The molecule has 0 amide bonds. The quantitative estimate of drug-likeness (QED) is 0.459. The summed E-state index contributed by atoms with van der Waals surface area (Å²) in [7, 11) is 2.24. The minimum atomic E-state index is 0.773. The molecule has 1 aliphatic carbocycles. The monoisotopic (exact) mass is 137 g/mol. The molecule has 0 saturated carbocycles. The molecule has 1 heteroatoms. The summed E-state index contributed by atoms with van der Waals surface area (Å²) in [5.41, 5.74) is 0. The van der Waals surface area contributed by atoms with Crippen LogP contribution in [0.5, 0.6) is 0 Å². The van der Waals surface area contributed by atoms with E-state index in [1.54, 1.807) is 0 Å². The van der Waals surface area contributed by atoms with Crippen molar-refractivity contribution >= 4 is 0 Å². The Labute approximate surface area is 62.7 Å². The maximum Gasteiger partial charge on any atom is 0.0309 e. The smallest absolute Gasteiger partial charge is 0.0309 e. The molecule has 1 nitrogen and oxygen atoms in total. The predicted molar refractivity (Wildman–Crippen MR) is 42.9 cm³/mol. The van der Waals surface area contributed by atoms with Crippen LogP contribution in [-0.2, 0) is 0 Å². The molecule has 3 atom stereocenters. The van der Waals surface area contributed by atoms with Gasteiger partial charge in [0.2, 0.25) is 0 Å². The predicted octanol–water partition coefficient (Wildman–Crippen LogP) is 1.66. The van der Waals surface area contributed by atoms with Crippen LogP contribution in [0.4, 0.5) is 0 Å². The molecule has 10 heavy (non-hydrogen) atoms. The molecule has 2 rings (SSSR count). The normalized spacial score (nSPS) is 46.4. The highest BCUT2D eigenvalue weighted by Gasteiger charge is 2.36. The molecule has 0 aromatic rings. The lowest BCUT2D eigenvalue weighted by molar-refractivity contribution is 0.279. The zero-order valence-electron chi connectivity index (χ0n) is 6.75. The van der Waals surface area contributed by atoms with Crippen LogP contribution in [0.3, 0.4) is 0 Å².